The van der Waals surface area contributed by atoms with Gasteiger partial charge in [0, 0.05) is 25.9 Å². The number of hydrogen-bond acceptors (Lipinski definition) is 11. The van der Waals surface area contributed by atoms with Gasteiger partial charge in [0.25, 0.3) is 0 Å². The van der Waals surface area contributed by atoms with Gasteiger partial charge in [0.05, 0.1) is 91.3 Å². The van der Waals surface area contributed by atoms with E-state index in [1.807, 2.05) is 4.90 Å². The van der Waals surface area contributed by atoms with Crippen molar-refractivity contribution < 1.29 is 65.5 Å². The van der Waals surface area contributed by atoms with Crippen LogP contribution in [-0.4, -0.2) is 93.5 Å². The van der Waals surface area contributed by atoms with Crippen LogP contribution in [-0.2, 0) is 44.3 Å². The van der Waals surface area contributed by atoms with Gasteiger partial charge in [0.1, 0.15) is 17.2 Å². The van der Waals surface area contributed by atoms with E-state index >= 15 is 0 Å². The number of rotatable bonds is 11. The lowest BCUT2D eigenvalue weighted by molar-refractivity contribution is -0.141. The summed E-state index contributed by atoms with van der Waals surface area (Å²) in [5.41, 5.74) is 3.16. The molecule has 0 spiro atoms. The normalized spacial score (nSPS) is 18.3. The Labute approximate surface area is 315 Å². The van der Waals surface area contributed by atoms with E-state index in [0.29, 0.717) is 38.1 Å². The Balaban J connectivity index is 0.000000552. The maximum Gasteiger partial charge on any atom is 0.433 e. The lowest BCUT2D eigenvalue weighted by atomic mass is 9.80. The van der Waals surface area contributed by atoms with Crippen LogP contribution in [0, 0.1) is 11.3 Å². The lowest BCUT2D eigenvalue weighted by Crippen LogP contribution is -2.64. The largest absolute Gasteiger partial charge is 0.481 e. The molecular formula is C35H37F6N7O8. The Morgan fingerprint density at radius 3 is 2.16 bits per heavy atom. The summed E-state index contributed by atoms with van der Waals surface area (Å²) in [7, 11) is 0. The minimum Gasteiger partial charge on any atom is -0.481 e. The topological polar surface area (TPSA) is 225 Å². The van der Waals surface area contributed by atoms with Crippen molar-refractivity contribution in [3.8, 4) is 6.07 Å². The van der Waals surface area contributed by atoms with Crippen LogP contribution in [0.3, 0.4) is 0 Å². The third kappa shape index (κ3) is 10.6. The minimum absolute atomic E-state index is 0.00744. The molecule has 15 nitrogen and oxygen atoms in total. The van der Waals surface area contributed by atoms with Crippen molar-refractivity contribution in [1.29, 1.82) is 5.26 Å². The first kappa shape index (κ1) is 43.1. The molecule has 0 radical (unpaired) electrons. The number of aliphatic carboxylic acids is 2. The summed E-state index contributed by atoms with van der Waals surface area (Å²) in [6, 6.07) is 6.40. The fourth-order valence-corrected chi connectivity index (χ4v) is 6.19. The summed E-state index contributed by atoms with van der Waals surface area (Å²) in [4.78, 5) is 47.9. The number of amides is 1. The number of aromatic nitrogens is 3. The SMILES string of the molecule is CCC1(N)C(c2ncc(N3CCOCC3)c(Cc3cc(C#N)cc(C(F)(F)F)c3)n2)Cc2nc(C(F)(F)F)ccc2N1C(=O)O.O=C(O)CCOCCC(=O)O. The molecule has 1 amide bonds. The van der Waals surface area contributed by atoms with E-state index in [4.69, 9.17) is 25.4 Å². The van der Waals surface area contributed by atoms with Gasteiger partial charge in [-0.2, -0.15) is 31.6 Å². The van der Waals surface area contributed by atoms with Crippen LogP contribution in [0.4, 0.5) is 42.5 Å². The second-order valence-electron chi connectivity index (χ2n) is 12.6. The predicted molar refractivity (Wildman–Crippen MR) is 183 cm³/mol. The number of nitriles is 1. The molecule has 302 valence electrons. The van der Waals surface area contributed by atoms with Crippen LogP contribution in [0.2, 0.25) is 0 Å². The molecule has 21 heteroatoms. The van der Waals surface area contributed by atoms with Crippen molar-refractivity contribution in [2.45, 2.75) is 63.0 Å². The molecule has 1 aromatic carbocycles. The Hall–Kier alpha value is -5.59. The third-order valence-corrected chi connectivity index (χ3v) is 8.93. The van der Waals surface area contributed by atoms with E-state index in [0.717, 1.165) is 23.1 Å². The number of carboxylic acid groups (broad SMARTS) is 3. The number of carbonyl (C=O) groups is 3. The molecule has 0 bridgehead atoms. The molecule has 5 rings (SSSR count). The van der Waals surface area contributed by atoms with Gasteiger partial charge in [-0.3, -0.25) is 14.5 Å². The van der Waals surface area contributed by atoms with Crippen LogP contribution in [0.5, 0.6) is 0 Å². The van der Waals surface area contributed by atoms with Gasteiger partial charge in [-0.25, -0.2) is 19.7 Å². The number of pyridine rings is 1. The second-order valence-corrected chi connectivity index (χ2v) is 12.6. The van der Waals surface area contributed by atoms with Gasteiger partial charge in [-0.15, -0.1) is 0 Å². The van der Waals surface area contributed by atoms with E-state index in [1.165, 1.54) is 12.3 Å². The molecule has 2 aliphatic heterocycles. The molecule has 0 saturated carbocycles. The molecule has 2 unspecified atom stereocenters. The van der Waals surface area contributed by atoms with Crippen molar-refractivity contribution in [3.05, 3.63) is 76.1 Å². The zero-order chi connectivity index (χ0) is 41.4. The standard InChI is InChI=1S/C29H27F6N7O3.C6H10O5/c1-2-27(37)19(13-21-22(42(27)26(43)44)3-4-24(39-21)29(33,34)35)25-38-15-23(41-5-7-45-8-6-41)20(40-25)12-16-9-17(14-36)11-18(10-16)28(30,31)32;7-5(8)1-3-11-4-2-6(9)10/h3-4,9-11,15,19H,2,5-8,12-13,37H2,1H3,(H,43,44);1-4H2,(H,7,8)(H,9,10). The summed E-state index contributed by atoms with van der Waals surface area (Å²) < 4.78 is 91.7. The Kier molecular flexibility index (Phi) is 13.8. The highest BCUT2D eigenvalue weighted by Crippen LogP contribution is 2.45. The molecule has 0 aliphatic carbocycles. The molecular weight excluding hydrogens is 760 g/mol. The number of nitrogens with zero attached hydrogens (tertiary/aromatic N) is 6. The van der Waals surface area contributed by atoms with Crippen molar-refractivity contribution in [2.24, 2.45) is 5.73 Å². The number of alkyl halides is 6. The average molecular weight is 798 g/mol. The molecule has 4 heterocycles. The first-order valence-electron chi connectivity index (χ1n) is 17.0. The molecule has 2 aromatic heterocycles. The third-order valence-electron chi connectivity index (χ3n) is 8.93. The molecule has 5 N–H and O–H groups in total. The van der Waals surface area contributed by atoms with E-state index < -0.39 is 53.2 Å². The van der Waals surface area contributed by atoms with Crippen LogP contribution in [0.1, 0.15) is 71.7 Å². The molecule has 3 aromatic rings. The van der Waals surface area contributed by atoms with Gasteiger partial charge >= 0.3 is 30.4 Å². The lowest BCUT2D eigenvalue weighted by Gasteiger charge is -2.47. The van der Waals surface area contributed by atoms with Crippen LogP contribution in [0.15, 0.2) is 36.5 Å². The van der Waals surface area contributed by atoms with Crippen LogP contribution >= 0.6 is 0 Å². The summed E-state index contributed by atoms with van der Waals surface area (Å²) in [6.45, 7) is 3.33. The zero-order valence-corrected chi connectivity index (χ0v) is 29.7. The number of fused-ring (bicyclic) bond motifs is 1. The van der Waals surface area contributed by atoms with Crippen LogP contribution < -0.4 is 15.5 Å². The van der Waals surface area contributed by atoms with Crippen molar-refractivity contribution >= 4 is 29.4 Å². The second kappa shape index (κ2) is 17.9. The number of carboxylic acids is 2. The maximum atomic E-state index is 13.6. The highest BCUT2D eigenvalue weighted by atomic mass is 19.4. The smallest absolute Gasteiger partial charge is 0.433 e. The highest BCUT2D eigenvalue weighted by Gasteiger charge is 2.50. The summed E-state index contributed by atoms with van der Waals surface area (Å²) in [5, 5.41) is 35.8. The van der Waals surface area contributed by atoms with Crippen molar-refractivity contribution in [1.82, 2.24) is 15.0 Å². The first-order chi connectivity index (χ1) is 26.3. The van der Waals surface area contributed by atoms with Gasteiger partial charge in [0.15, 0.2) is 0 Å². The van der Waals surface area contributed by atoms with E-state index in [9.17, 15) is 51.1 Å². The number of anilines is 2. The number of morpholine rings is 1. The van der Waals surface area contributed by atoms with E-state index in [2.05, 4.69) is 15.0 Å². The fourth-order valence-electron chi connectivity index (χ4n) is 6.19. The number of benzene rings is 1. The Morgan fingerprint density at radius 1 is 0.982 bits per heavy atom. The molecule has 1 saturated heterocycles. The molecule has 2 aliphatic rings. The maximum absolute atomic E-state index is 13.6. The van der Waals surface area contributed by atoms with E-state index in [-0.39, 0.29) is 79.3 Å². The summed E-state index contributed by atoms with van der Waals surface area (Å²) in [6.07, 6.45) is -10.2. The zero-order valence-electron chi connectivity index (χ0n) is 29.7. The number of hydrogen-bond donors (Lipinski definition) is 4. The minimum atomic E-state index is -4.79. The monoisotopic (exact) mass is 797 g/mol. The quantitative estimate of drug-likeness (QED) is 0.147. The van der Waals surface area contributed by atoms with Gasteiger partial charge in [0.2, 0.25) is 0 Å². The first-order valence-corrected chi connectivity index (χ1v) is 17.0. The number of halogens is 6. The highest BCUT2D eigenvalue weighted by molar-refractivity contribution is 5.89. The fraction of sp³-hybridized carbons (Fsp3) is 0.457. The predicted octanol–water partition coefficient (Wildman–Crippen LogP) is 5.05. The Bertz CT molecular complexity index is 1940. The number of nitrogens with two attached hydrogens (primary N) is 1. The van der Waals surface area contributed by atoms with Gasteiger partial charge in [-0.05, 0) is 42.3 Å². The molecule has 1 fully saturated rings. The summed E-state index contributed by atoms with van der Waals surface area (Å²) >= 11 is 0. The average Bonchev–Trinajstić information content (AvgIpc) is 3.13. The number of ether oxygens (including phenoxy) is 2. The van der Waals surface area contributed by atoms with Crippen molar-refractivity contribution in [2.75, 3.05) is 49.3 Å². The van der Waals surface area contributed by atoms with Gasteiger partial charge in [-0.1, -0.05) is 6.92 Å². The molecule has 2 atom stereocenters. The molecule has 56 heavy (non-hydrogen) atoms. The summed E-state index contributed by atoms with van der Waals surface area (Å²) in [5.74, 6) is -2.99. The van der Waals surface area contributed by atoms with Gasteiger partial charge < -0.3 is 35.4 Å². The van der Waals surface area contributed by atoms with Crippen molar-refractivity contribution in [3.63, 3.8) is 0 Å². The van der Waals surface area contributed by atoms with Crippen LogP contribution in [0.25, 0.3) is 0 Å². The van der Waals surface area contributed by atoms with E-state index in [1.54, 1.807) is 13.0 Å². The Morgan fingerprint density at radius 2 is 1.62 bits per heavy atom.